The smallest absolute Gasteiger partial charge is 0.402 e. The van der Waals surface area contributed by atoms with E-state index in [9.17, 15) is 51.1 Å². The number of phenols is 2. The molecule has 2 saturated heterocycles. The predicted octanol–water partition coefficient (Wildman–Crippen LogP) is -1.85. The van der Waals surface area contributed by atoms with Gasteiger partial charge in [0.15, 0.2) is 0 Å². The van der Waals surface area contributed by atoms with E-state index < -0.39 is 74.6 Å². The maximum atomic E-state index is 10.6. The highest BCUT2D eigenvalue weighted by molar-refractivity contribution is 5.88. The van der Waals surface area contributed by atoms with E-state index in [0.29, 0.717) is 5.56 Å². The van der Waals surface area contributed by atoms with Gasteiger partial charge in [-0.25, -0.2) is 4.42 Å². The first kappa shape index (κ1) is 30.1. The highest BCUT2D eigenvalue weighted by Gasteiger charge is 2.47. The van der Waals surface area contributed by atoms with Crippen molar-refractivity contribution >= 4 is 11.0 Å². The fourth-order valence-electron chi connectivity index (χ4n) is 4.75. The van der Waals surface area contributed by atoms with Gasteiger partial charge in [-0.05, 0) is 24.3 Å². The molecule has 15 nitrogen and oxygen atoms in total. The van der Waals surface area contributed by atoms with E-state index in [1.807, 2.05) is 0 Å². The van der Waals surface area contributed by atoms with Gasteiger partial charge in [0.05, 0.1) is 24.8 Å². The Balaban J connectivity index is 1.59. The van der Waals surface area contributed by atoms with Crippen molar-refractivity contribution in [2.75, 3.05) is 13.2 Å². The highest BCUT2D eigenvalue weighted by Crippen LogP contribution is 2.42. The number of ether oxygens (including phenoxy) is 4. The second kappa shape index (κ2) is 12.1. The first-order valence-electron chi connectivity index (χ1n) is 12.9. The predicted molar refractivity (Wildman–Crippen MR) is 138 cm³/mol. The first-order valence-corrected chi connectivity index (χ1v) is 12.9. The molecule has 2 aliphatic heterocycles. The molecule has 10 N–H and O–H groups in total. The zero-order valence-electron chi connectivity index (χ0n) is 21.7. The number of benzene rings is 2. The number of aliphatic hydroxyl groups is 8. The summed E-state index contributed by atoms with van der Waals surface area (Å²) in [5, 5.41) is 101. The molecule has 3 aromatic rings. The van der Waals surface area contributed by atoms with Crippen LogP contribution in [0, 0.1) is 0 Å². The minimum Gasteiger partial charge on any atom is -0.508 e. The zero-order chi connectivity index (χ0) is 30.3. The van der Waals surface area contributed by atoms with Gasteiger partial charge in [0, 0.05) is 12.1 Å². The van der Waals surface area contributed by atoms with Gasteiger partial charge in [0.2, 0.25) is 18.3 Å². The van der Waals surface area contributed by atoms with Crippen LogP contribution < -0.4 is 9.47 Å². The lowest BCUT2D eigenvalue weighted by Crippen LogP contribution is -2.60. The standard InChI is InChI=1S/C27H30O15/c28-8-17-19(32)21(34)23(36)26(41-17)39-15-6-12(31)5-14-13(15)7-16(25(38-14)10-1-3-11(30)4-2-10)40-27-24(37)22(35)20(33)18(9-29)42-27/h1-7,17-24,26-29,32-37H,8-9H2,(H-,30,31)/p+1/t17?,18?,19-,20+,21+,22?,23?,24?,26-,27-/m1/s1. The third-order valence-electron chi connectivity index (χ3n) is 7.11. The van der Waals surface area contributed by atoms with Crippen LogP contribution in [0.4, 0.5) is 0 Å². The third-order valence-corrected chi connectivity index (χ3v) is 7.11. The molecule has 228 valence electrons. The van der Waals surface area contributed by atoms with E-state index in [-0.39, 0.29) is 39.7 Å². The Morgan fingerprint density at radius 2 is 1.14 bits per heavy atom. The Morgan fingerprint density at radius 1 is 0.619 bits per heavy atom. The van der Waals surface area contributed by atoms with Crippen LogP contribution in [0.1, 0.15) is 0 Å². The molecule has 3 heterocycles. The Bertz CT molecular complexity index is 1380. The molecule has 0 bridgehead atoms. The molecule has 0 aliphatic carbocycles. The average Bonchev–Trinajstić information content (AvgIpc) is 2.98. The van der Waals surface area contributed by atoms with Crippen LogP contribution in [-0.2, 0) is 9.47 Å². The van der Waals surface area contributed by atoms with Gasteiger partial charge in [-0.3, -0.25) is 0 Å². The van der Waals surface area contributed by atoms with Crippen molar-refractivity contribution in [3.63, 3.8) is 0 Å². The number of aromatic hydroxyl groups is 2. The Labute approximate surface area is 237 Å². The summed E-state index contributed by atoms with van der Waals surface area (Å²) in [5.74, 6) is -0.673. The van der Waals surface area contributed by atoms with Crippen molar-refractivity contribution in [1.82, 2.24) is 0 Å². The average molecular weight is 596 g/mol. The van der Waals surface area contributed by atoms with Crippen molar-refractivity contribution in [3.8, 4) is 34.3 Å². The van der Waals surface area contributed by atoms with Crippen molar-refractivity contribution in [3.05, 3.63) is 42.5 Å². The van der Waals surface area contributed by atoms with Crippen LogP contribution in [-0.4, -0.2) is 126 Å². The summed E-state index contributed by atoms with van der Waals surface area (Å²) in [5.41, 5.74) is 0.368. The first-order chi connectivity index (χ1) is 20.0. The van der Waals surface area contributed by atoms with Crippen LogP contribution >= 0.6 is 0 Å². The third kappa shape index (κ3) is 5.67. The van der Waals surface area contributed by atoms with Crippen molar-refractivity contribution in [2.24, 2.45) is 0 Å². The van der Waals surface area contributed by atoms with Gasteiger partial charge in [-0.2, -0.15) is 0 Å². The van der Waals surface area contributed by atoms with Gasteiger partial charge in [-0.15, -0.1) is 0 Å². The second-order valence-corrected chi connectivity index (χ2v) is 9.97. The summed E-state index contributed by atoms with van der Waals surface area (Å²) >= 11 is 0. The Hall–Kier alpha value is -3.35. The minimum atomic E-state index is -1.77. The molecule has 1 aromatic heterocycles. The minimum absolute atomic E-state index is 0.00357. The molecule has 0 radical (unpaired) electrons. The Kier molecular flexibility index (Phi) is 8.68. The van der Waals surface area contributed by atoms with E-state index in [2.05, 4.69) is 0 Å². The summed E-state index contributed by atoms with van der Waals surface area (Å²) < 4.78 is 28.6. The number of hydrogen-bond donors (Lipinski definition) is 10. The molecule has 15 heteroatoms. The number of phenolic OH excluding ortho intramolecular Hbond substituents is 2. The van der Waals surface area contributed by atoms with E-state index in [0.717, 1.165) is 6.07 Å². The lowest BCUT2D eigenvalue weighted by Gasteiger charge is -2.39. The van der Waals surface area contributed by atoms with Gasteiger partial charge >= 0.3 is 11.3 Å². The molecule has 5 unspecified atom stereocenters. The van der Waals surface area contributed by atoms with E-state index >= 15 is 0 Å². The number of hydrogen-bond acceptors (Lipinski definition) is 14. The number of aliphatic hydroxyl groups excluding tert-OH is 8. The molecule has 0 amide bonds. The topological polar surface area (TPSA) is 251 Å². The molecule has 10 atom stereocenters. The summed E-state index contributed by atoms with van der Waals surface area (Å²) in [6.07, 6.45) is -16.0. The van der Waals surface area contributed by atoms with Gasteiger partial charge < -0.3 is 70.0 Å². The molecule has 0 spiro atoms. The molecular formula is C27H31O15+. The van der Waals surface area contributed by atoms with Crippen LogP contribution in [0.2, 0.25) is 0 Å². The Morgan fingerprint density at radius 3 is 1.67 bits per heavy atom. The number of fused-ring (bicyclic) bond motifs is 1. The zero-order valence-corrected chi connectivity index (χ0v) is 21.7. The quantitative estimate of drug-likeness (QED) is 0.135. The van der Waals surface area contributed by atoms with Crippen molar-refractivity contribution in [2.45, 2.75) is 61.4 Å². The molecular weight excluding hydrogens is 564 g/mol. The van der Waals surface area contributed by atoms with Crippen molar-refractivity contribution < 1.29 is 74.4 Å². The van der Waals surface area contributed by atoms with E-state index in [1.165, 1.54) is 36.4 Å². The normalized spacial score (nSPS) is 33.4. The SMILES string of the molecule is OCC1O[C@@H](Oc2cc3c(O[C@@H]4OC(CO)[C@@H](O)[C@H](O)C4O)cc(O)cc3[o+]c2-c2ccc(O)cc2)C(O)C(O)[C@H]1O. The molecule has 2 aromatic carbocycles. The summed E-state index contributed by atoms with van der Waals surface area (Å²) in [6, 6.07) is 9.41. The van der Waals surface area contributed by atoms with Gasteiger partial charge in [0.25, 0.3) is 0 Å². The van der Waals surface area contributed by atoms with E-state index in [4.69, 9.17) is 23.4 Å². The summed E-state index contributed by atoms with van der Waals surface area (Å²) in [6.45, 7) is -1.40. The molecule has 2 aliphatic rings. The fraction of sp³-hybridized carbons (Fsp3) is 0.444. The lowest BCUT2D eigenvalue weighted by atomic mass is 9.99. The maximum absolute atomic E-state index is 10.6. The molecule has 2 fully saturated rings. The lowest BCUT2D eigenvalue weighted by molar-refractivity contribution is -0.277. The molecule has 0 saturated carbocycles. The summed E-state index contributed by atoms with van der Waals surface area (Å²) in [4.78, 5) is 0. The second-order valence-electron chi connectivity index (χ2n) is 9.97. The van der Waals surface area contributed by atoms with Crippen molar-refractivity contribution in [1.29, 1.82) is 0 Å². The van der Waals surface area contributed by atoms with Gasteiger partial charge in [0.1, 0.15) is 71.5 Å². The maximum Gasteiger partial charge on any atom is 0.402 e. The summed E-state index contributed by atoms with van der Waals surface area (Å²) in [7, 11) is 0. The molecule has 5 rings (SSSR count). The fourth-order valence-corrected chi connectivity index (χ4v) is 4.75. The highest BCUT2D eigenvalue weighted by atomic mass is 16.7. The van der Waals surface area contributed by atoms with Crippen LogP contribution in [0.25, 0.3) is 22.3 Å². The molecule has 42 heavy (non-hydrogen) atoms. The van der Waals surface area contributed by atoms with Crippen LogP contribution in [0.3, 0.4) is 0 Å². The monoisotopic (exact) mass is 595 g/mol. The van der Waals surface area contributed by atoms with E-state index in [1.54, 1.807) is 0 Å². The van der Waals surface area contributed by atoms with Crippen LogP contribution in [0.15, 0.2) is 46.9 Å². The largest absolute Gasteiger partial charge is 0.508 e. The van der Waals surface area contributed by atoms with Crippen LogP contribution in [0.5, 0.6) is 23.0 Å². The number of rotatable bonds is 7. The van der Waals surface area contributed by atoms with Gasteiger partial charge in [-0.1, -0.05) is 0 Å².